The number of hydrogen-bond donors (Lipinski definition) is 3. The summed E-state index contributed by atoms with van der Waals surface area (Å²) in [6.45, 7) is 0. The van der Waals surface area contributed by atoms with E-state index in [-0.39, 0.29) is 5.56 Å². The summed E-state index contributed by atoms with van der Waals surface area (Å²) in [5.74, 6) is -2.51. The van der Waals surface area contributed by atoms with Crippen LogP contribution in [0.4, 0.5) is 0 Å². The molecule has 2 rings (SSSR count). The molecular formula is C12H10N2O5. The first kappa shape index (κ1) is 14.1. The Morgan fingerprint density at radius 3 is 2.26 bits per heavy atom. The second-order valence-corrected chi connectivity index (χ2v) is 3.27. The quantitative estimate of drug-likeness (QED) is 0.683. The lowest BCUT2D eigenvalue weighted by Crippen LogP contribution is -2.04. The minimum Gasteiger partial charge on any atom is -0.478 e. The number of nitrogens with zero attached hydrogens (tertiary/aromatic N) is 1. The third-order valence-corrected chi connectivity index (χ3v) is 1.85. The molecule has 0 fully saturated rings. The van der Waals surface area contributed by atoms with E-state index < -0.39 is 11.9 Å². The molecule has 1 aromatic carbocycles. The van der Waals surface area contributed by atoms with Crippen molar-refractivity contribution in [2.45, 2.75) is 0 Å². The summed E-state index contributed by atoms with van der Waals surface area (Å²) in [7, 11) is 0. The average molecular weight is 262 g/mol. The van der Waals surface area contributed by atoms with Crippen LogP contribution in [0, 0.1) is 0 Å². The Bertz CT molecular complexity index is 659. The molecule has 0 radical (unpaired) electrons. The molecule has 0 aliphatic carbocycles. The molecule has 19 heavy (non-hydrogen) atoms. The maximum atomic E-state index is 10.8. The number of nitrogens with one attached hydrogen (secondary N) is 1. The summed E-state index contributed by atoms with van der Waals surface area (Å²) in [4.78, 5) is 36.5. The Morgan fingerprint density at radius 2 is 1.68 bits per heavy atom. The highest BCUT2D eigenvalue weighted by Crippen LogP contribution is 2.02. The number of aliphatic carboxylic acids is 2. The van der Waals surface area contributed by atoms with Gasteiger partial charge in [0.1, 0.15) is 0 Å². The van der Waals surface area contributed by atoms with Crippen LogP contribution in [0.2, 0.25) is 0 Å². The van der Waals surface area contributed by atoms with Crippen LogP contribution in [0.3, 0.4) is 0 Å². The van der Waals surface area contributed by atoms with E-state index >= 15 is 0 Å². The Hall–Kier alpha value is -2.96. The Kier molecular flexibility index (Phi) is 4.97. The van der Waals surface area contributed by atoms with E-state index in [1.165, 1.54) is 6.20 Å². The van der Waals surface area contributed by atoms with Crippen molar-refractivity contribution < 1.29 is 19.8 Å². The second kappa shape index (κ2) is 6.70. The normalized spacial score (nSPS) is 9.89. The highest BCUT2D eigenvalue weighted by molar-refractivity contribution is 5.89. The number of H-pyrrole nitrogens is 1. The summed E-state index contributed by atoms with van der Waals surface area (Å²) in [6, 6.07) is 7.42. The number of carbonyl (C=O) groups is 2. The predicted octanol–water partition coefficient (Wildman–Crippen LogP) is 0.635. The van der Waals surface area contributed by atoms with Crippen molar-refractivity contribution >= 4 is 23.0 Å². The van der Waals surface area contributed by atoms with Gasteiger partial charge < -0.3 is 15.2 Å². The van der Waals surface area contributed by atoms with E-state index in [9.17, 15) is 14.4 Å². The van der Waals surface area contributed by atoms with E-state index in [0.29, 0.717) is 12.2 Å². The fourth-order valence-corrected chi connectivity index (χ4v) is 1.13. The molecule has 0 saturated heterocycles. The summed E-state index contributed by atoms with van der Waals surface area (Å²) in [5, 5.41) is 15.6. The lowest BCUT2D eigenvalue weighted by Gasteiger charge is -1.92. The second-order valence-electron chi connectivity index (χ2n) is 3.27. The molecule has 0 amide bonds. The summed E-state index contributed by atoms with van der Waals surface area (Å²) in [6.07, 6.45) is 2.40. The van der Waals surface area contributed by atoms with Gasteiger partial charge in [0.25, 0.3) is 5.56 Å². The minimum atomic E-state index is -1.26. The number of aromatic nitrogens is 2. The number of rotatable bonds is 2. The van der Waals surface area contributed by atoms with Gasteiger partial charge in [-0.3, -0.25) is 4.79 Å². The smallest absolute Gasteiger partial charge is 0.328 e. The van der Waals surface area contributed by atoms with E-state index in [4.69, 9.17) is 10.2 Å². The average Bonchev–Trinajstić information content (AvgIpc) is 2.37. The zero-order valence-electron chi connectivity index (χ0n) is 9.61. The van der Waals surface area contributed by atoms with Crippen LogP contribution in [-0.4, -0.2) is 32.1 Å². The number of fused-ring (bicyclic) bond motifs is 1. The predicted molar refractivity (Wildman–Crippen MR) is 66.8 cm³/mol. The van der Waals surface area contributed by atoms with Gasteiger partial charge in [0.05, 0.1) is 17.2 Å². The van der Waals surface area contributed by atoms with Crippen LogP contribution < -0.4 is 5.56 Å². The first-order valence-electron chi connectivity index (χ1n) is 5.07. The van der Waals surface area contributed by atoms with Crippen LogP contribution in [0.15, 0.2) is 47.4 Å². The van der Waals surface area contributed by atoms with Crippen LogP contribution >= 0.6 is 0 Å². The van der Waals surface area contributed by atoms with Gasteiger partial charge >= 0.3 is 11.9 Å². The molecule has 2 aromatic rings. The molecule has 0 saturated carbocycles. The van der Waals surface area contributed by atoms with Gasteiger partial charge in [-0.2, -0.15) is 0 Å². The molecule has 7 nitrogen and oxygen atoms in total. The molecule has 0 unspecified atom stereocenters. The summed E-state index contributed by atoms with van der Waals surface area (Å²) in [5.41, 5.74) is 1.43. The number of aromatic amines is 1. The van der Waals surface area contributed by atoms with Crippen molar-refractivity contribution in [1.82, 2.24) is 9.97 Å². The van der Waals surface area contributed by atoms with Crippen LogP contribution in [0.25, 0.3) is 11.0 Å². The molecule has 0 bridgehead atoms. The third-order valence-electron chi connectivity index (χ3n) is 1.85. The molecule has 3 N–H and O–H groups in total. The molecular weight excluding hydrogens is 252 g/mol. The van der Waals surface area contributed by atoms with Crippen LogP contribution in [0.1, 0.15) is 0 Å². The topological polar surface area (TPSA) is 120 Å². The monoisotopic (exact) mass is 262 g/mol. The van der Waals surface area contributed by atoms with Crippen molar-refractivity contribution in [2.75, 3.05) is 0 Å². The highest BCUT2D eigenvalue weighted by atomic mass is 16.4. The van der Waals surface area contributed by atoms with Gasteiger partial charge in [-0.25, -0.2) is 14.6 Å². The van der Waals surface area contributed by atoms with Crippen molar-refractivity contribution in [3.8, 4) is 0 Å². The molecule has 0 aliphatic heterocycles. The van der Waals surface area contributed by atoms with Crippen LogP contribution in [-0.2, 0) is 9.59 Å². The first-order chi connectivity index (χ1) is 8.99. The Labute approximate surface area is 106 Å². The Balaban J connectivity index is 0.000000203. The van der Waals surface area contributed by atoms with Gasteiger partial charge in [-0.15, -0.1) is 0 Å². The number of benzene rings is 1. The van der Waals surface area contributed by atoms with E-state index in [1.54, 1.807) is 0 Å². The molecule has 1 aromatic heterocycles. The maximum Gasteiger partial charge on any atom is 0.328 e. The molecule has 0 atom stereocenters. The van der Waals surface area contributed by atoms with Crippen molar-refractivity contribution in [2.24, 2.45) is 0 Å². The maximum absolute atomic E-state index is 10.8. The van der Waals surface area contributed by atoms with Crippen LogP contribution in [0.5, 0.6) is 0 Å². The van der Waals surface area contributed by atoms with Gasteiger partial charge in [-0.05, 0) is 12.1 Å². The SMILES string of the molecule is O=C(O)/C=C\C(=O)O.O=c1cnc2ccccc2[nH]1. The molecule has 98 valence electrons. The van der Waals surface area contributed by atoms with E-state index in [1.807, 2.05) is 24.3 Å². The largest absolute Gasteiger partial charge is 0.478 e. The zero-order valence-corrected chi connectivity index (χ0v) is 9.61. The van der Waals surface area contributed by atoms with Gasteiger partial charge in [0.2, 0.25) is 0 Å². The number of carboxylic acids is 2. The Morgan fingerprint density at radius 1 is 1.11 bits per heavy atom. The highest BCUT2D eigenvalue weighted by Gasteiger charge is 1.91. The molecule has 0 aliphatic rings. The number of carboxylic acid groups (broad SMARTS) is 2. The zero-order chi connectivity index (χ0) is 14.3. The number of hydrogen-bond acceptors (Lipinski definition) is 4. The molecule has 7 heteroatoms. The van der Waals surface area contributed by atoms with Crippen molar-refractivity contribution in [3.05, 3.63) is 53.0 Å². The molecule has 0 spiro atoms. The molecule has 1 heterocycles. The fraction of sp³-hybridized carbons (Fsp3) is 0. The summed E-state index contributed by atoms with van der Waals surface area (Å²) >= 11 is 0. The minimum absolute atomic E-state index is 0.163. The standard InChI is InChI=1S/C8H6N2O.C4H4O4/c11-8-5-9-6-3-1-2-4-7(6)10-8;5-3(6)1-2-4(7)8/h1-5H,(H,10,11);1-2H,(H,5,6)(H,7,8)/b;2-1-. The summed E-state index contributed by atoms with van der Waals surface area (Å²) < 4.78 is 0. The van der Waals surface area contributed by atoms with Gasteiger partial charge in [0.15, 0.2) is 0 Å². The lowest BCUT2D eigenvalue weighted by atomic mass is 10.3. The fourth-order valence-electron chi connectivity index (χ4n) is 1.13. The lowest BCUT2D eigenvalue weighted by molar-refractivity contribution is -0.134. The van der Waals surface area contributed by atoms with Gasteiger partial charge in [0, 0.05) is 12.2 Å². The third kappa shape index (κ3) is 5.26. The number of para-hydroxylation sites is 2. The van der Waals surface area contributed by atoms with E-state index in [2.05, 4.69) is 9.97 Å². The van der Waals surface area contributed by atoms with E-state index in [0.717, 1.165) is 11.0 Å². The van der Waals surface area contributed by atoms with Crippen molar-refractivity contribution in [1.29, 1.82) is 0 Å². The van der Waals surface area contributed by atoms with Crippen molar-refractivity contribution in [3.63, 3.8) is 0 Å². The van der Waals surface area contributed by atoms with Gasteiger partial charge in [-0.1, -0.05) is 12.1 Å². The first-order valence-corrected chi connectivity index (χ1v) is 5.07.